The highest BCUT2D eigenvalue weighted by Crippen LogP contribution is 2.37. The number of rotatable bonds is 4. The molecule has 1 aromatic carbocycles. The van der Waals surface area contributed by atoms with Gasteiger partial charge in [-0.05, 0) is 25.1 Å². The third-order valence-corrected chi connectivity index (χ3v) is 2.28. The van der Waals surface area contributed by atoms with E-state index < -0.39 is 29.6 Å². The molecule has 1 rings (SSSR count). The van der Waals surface area contributed by atoms with Crippen molar-refractivity contribution in [3.05, 3.63) is 29.3 Å². The zero-order valence-electron chi connectivity index (χ0n) is 10.2. The first-order valence-electron chi connectivity index (χ1n) is 5.20. The van der Waals surface area contributed by atoms with Gasteiger partial charge < -0.3 is 9.47 Å². The molecule has 0 N–H and O–H groups in total. The average molecular weight is 276 g/mol. The first kappa shape index (κ1) is 15.0. The Morgan fingerprint density at radius 1 is 1.37 bits per heavy atom. The normalized spacial score (nSPS) is 12.7. The Balaban J connectivity index is 3.13. The number of alkyl halides is 3. The summed E-state index contributed by atoms with van der Waals surface area (Å²) in [5.74, 6) is -1.33. The summed E-state index contributed by atoms with van der Waals surface area (Å²) in [6.07, 6.45) is -5.58. The second-order valence-corrected chi connectivity index (χ2v) is 3.65. The standard InChI is InChI=1S/C12H11F3O4/c1-7(11(17)18-2)19-10-4-3-8(6-16)5-9(10)12(13,14)15/h3-7H,1-2H3. The lowest BCUT2D eigenvalue weighted by molar-refractivity contribution is -0.150. The molecule has 0 fully saturated rings. The van der Waals surface area contributed by atoms with Gasteiger partial charge >= 0.3 is 12.1 Å². The lowest BCUT2D eigenvalue weighted by atomic mass is 10.1. The van der Waals surface area contributed by atoms with E-state index in [0.717, 1.165) is 13.2 Å². The molecule has 0 aromatic heterocycles. The Morgan fingerprint density at radius 2 is 2.00 bits per heavy atom. The first-order chi connectivity index (χ1) is 8.79. The molecule has 19 heavy (non-hydrogen) atoms. The van der Waals surface area contributed by atoms with Gasteiger partial charge in [-0.3, -0.25) is 4.79 Å². The molecule has 0 spiro atoms. The second-order valence-electron chi connectivity index (χ2n) is 3.65. The van der Waals surface area contributed by atoms with Gasteiger partial charge in [-0.15, -0.1) is 0 Å². The molecule has 0 amide bonds. The molecule has 7 heteroatoms. The highest BCUT2D eigenvalue weighted by atomic mass is 19.4. The van der Waals surface area contributed by atoms with Crippen molar-refractivity contribution in [1.29, 1.82) is 0 Å². The number of carbonyl (C=O) groups is 2. The molecule has 0 radical (unpaired) electrons. The molecule has 0 bridgehead atoms. The molecule has 4 nitrogen and oxygen atoms in total. The summed E-state index contributed by atoms with van der Waals surface area (Å²) in [5.41, 5.74) is -1.25. The molecular formula is C12H11F3O4. The summed E-state index contributed by atoms with van der Waals surface area (Å²) in [7, 11) is 1.10. The Kier molecular flexibility index (Phi) is 4.52. The van der Waals surface area contributed by atoms with E-state index in [4.69, 9.17) is 4.74 Å². The van der Waals surface area contributed by atoms with Crippen LogP contribution in [0.25, 0.3) is 0 Å². The van der Waals surface area contributed by atoms with Gasteiger partial charge in [0.25, 0.3) is 0 Å². The SMILES string of the molecule is COC(=O)C(C)Oc1ccc(C=O)cc1C(F)(F)F. The van der Waals surface area contributed by atoms with E-state index in [1.54, 1.807) is 0 Å². The van der Waals surface area contributed by atoms with Crippen molar-refractivity contribution in [3.8, 4) is 5.75 Å². The number of hydrogen-bond acceptors (Lipinski definition) is 4. The zero-order valence-corrected chi connectivity index (χ0v) is 10.2. The second kappa shape index (κ2) is 5.73. The van der Waals surface area contributed by atoms with Crippen molar-refractivity contribution >= 4 is 12.3 Å². The fourth-order valence-electron chi connectivity index (χ4n) is 1.35. The van der Waals surface area contributed by atoms with Crippen molar-refractivity contribution in [1.82, 2.24) is 0 Å². The van der Waals surface area contributed by atoms with Crippen molar-refractivity contribution in [3.63, 3.8) is 0 Å². The van der Waals surface area contributed by atoms with Crippen LogP contribution < -0.4 is 4.74 Å². The van der Waals surface area contributed by atoms with Gasteiger partial charge in [-0.1, -0.05) is 0 Å². The molecule has 0 saturated carbocycles. The van der Waals surface area contributed by atoms with Crippen LogP contribution in [0.4, 0.5) is 13.2 Å². The predicted octanol–water partition coefficient (Wildman–Crippen LogP) is 2.46. The van der Waals surface area contributed by atoms with Gasteiger partial charge in [0, 0.05) is 5.56 Å². The van der Waals surface area contributed by atoms with Crippen LogP contribution in [0, 0.1) is 0 Å². The highest BCUT2D eigenvalue weighted by Gasteiger charge is 2.35. The van der Waals surface area contributed by atoms with Gasteiger partial charge in [-0.2, -0.15) is 13.2 Å². The van der Waals surface area contributed by atoms with Crippen LogP contribution in [0.1, 0.15) is 22.8 Å². The van der Waals surface area contributed by atoms with Gasteiger partial charge in [0.2, 0.25) is 0 Å². The van der Waals surface area contributed by atoms with Crippen molar-refractivity contribution in [2.45, 2.75) is 19.2 Å². The Morgan fingerprint density at radius 3 is 2.47 bits per heavy atom. The minimum atomic E-state index is -4.69. The fraction of sp³-hybridized carbons (Fsp3) is 0.333. The maximum absolute atomic E-state index is 12.8. The smallest absolute Gasteiger partial charge is 0.419 e. The van der Waals surface area contributed by atoms with Gasteiger partial charge in [-0.25, -0.2) is 4.79 Å². The van der Waals surface area contributed by atoms with Crippen LogP contribution >= 0.6 is 0 Å². The third kappa shape index (κ3) is 3.70. The number of hydrogen-bond donors (Lipinski definition) is 0. The van der Waals surface area contributed by atoms with Gasteiger partial charge in [0.1, 0.15) is 12.0 Å². The maximum Gasteiger partial charge on any atom is 0.419 e. The van der Waals surface area contributed by atoms with Gasteiger partial charge in [0.15, 0.2) is 6.10 Å². The zero-order chi connectivity index (χ0) is 14.6. The van der Waals surface area contributed by atoms with E-state index in [1.165, 1.54) is 13.0 Å². The number of carbonyl (C=O) groups excluding carboxylic acids is 2. The van der Waals surface area contributed by atoms with Crippen LogP contribution in [0.2, 0.25) is 0 Å². The van der Waals surface area contributed by atoms with Crippen LogP contribution in [-0.2, 0) is 15.7 Å². The van der Waals surface area contributed by atoms with E-state index in [-0.39, 0.29) is 5.56 Å². The Bertz CT molecular complexity index is 482. The average Bonchev–Trinajstić information content (AvgIpc) is 2.36. The minimum Gasteiger partial charge on any atom is -0.478 e. The summed E-state index contributed by atoms with van der Waals surface area (Å²) in [6.45, 7) is 1.26. The van der Waals surface area contributed by atoms with Crippen molar-refractivity contribution in [2.24, 2.45) is 0 Å². The Labute approximate surface area is 107 Å². The summed E-state index contributed by atoms with van der Waals surface area (Å²) in [5, 5.41) is 0. The molecule has 0 aliphatic heterocycles. The topological polar surface area (TPSA) is 52.6 Å². The van der Waals surface area contributed by atoms with Crippen LogP contribution in [0.5, 0.6) is 5.75 Å². The molecule has 1 unspecified atom stereocenters. The first-order valence-corrected chi connectivity index (χ1v) is 5.20. The fourth-order valence-corrected chi connectivity index (χ4v) is 1.35. The highest BCUT2D eigenvalue weighted by molar-refractivity contribution is 5.76. The number of methoxy groups -OCH3 is 1. The molecule has 0 saturated heterocycles. The Hall–Kier alpha value is -2.05. The number of ether oxygens (including phenoxy) is 2. The molecule has 1 aromatic rings. The lowest BCUT2D eigenvalue weighted by Crippen LogP contribution is -2.26. The van der Waals surface area contributed by atoms with Crippen LogP contribution in [0.3, 0.4) is 0 Å². The van der Waals surface area contributed by atoms with E-state index in [0.29, 0.717) is 12.4 Å². The molecule has 0 aliphatic rings. The molecule has 1 atom stereocenters. The lowest BCUT2D eigenvalue weighted by Gasteiger charge is -2.17. The van der Waals surface area contributed by atoms with E-state index >= 15 is 0 Å². The number of benzene rings is 1. The third-order valence-electron chi connectivity index (χ3n) is 2.28. The molecular weight excluding hydrogens is 265 g/mol. The van der Waals surface area contributed by atoms with E-state index in [1.807, 2.05) is 0 Å². The monoisotopic (exact) mass is 276 g/mol. The minimum absolute atomic E-state index is 0.134. The summed E-state index contributed by atoms with van der Waals surface area (Å²) in [4.78, 5) is 21.6. The largest absolute Gasteiger partial charge is 0.478 e. The summed E-state index contributed by atoms with van der Waals surface area (Å²) in [6, 6.07) is 2.82. The molecule has 104 valence electrons. The number of esters is 1. The summed E-state index contributed by atoms with van der Waals surface area (Å²) >= 11 is 0. The molecule has 0 heterocycles. The summed E-state index contributed by atoms with van der Waals surface area (Å²) < 4.78 is 47.6. The van der Waals surface area contributed by atoms with E-state index in [9.17, 15) is 22.8 Å². The van der Waals surface area contributed by atoms with Crippen molar-refractivity contribution < 1.29 is 32.2 Å². The van der Waals surface area contributed by atoms with Crippen molar-refractivity contribution in [2.75, 3.05) is 7.11 Å². The number of aldehydes is 1. The van der Waals surface area contributed by atoms with Crippen LogP contribution in [0.15, 0.2) is 18.2 Å². The number of halogens is 3. The molecule has 0 aliphatic carbocycles. The maximum atomic E-state index is 12.8. The van der Waals surface area contributed by atoms with E-state index in [2.05, 4.69) is 4.74 Å². The quantitative estimate of drug-likeness (QED) is 0.626. The van der Waals surface area contributed by atoms with Crippen LogP contribution in [-0.4, -0.2) is 25.5 Å². The van der Waals surface area contributed by atoms with Gasteiger partial charge in [0.05, 0.1) is 12.7 Å². The predicted molar refractivity (Wildman–Crippen MR) is 58.9 cm³/mol.